The Kier molecular flexibility index (Phi) is 7.22. The maximum Gasteiger partial charge on any atom is 0.417 e. The molecule has 1 N–H and O–H groups in total. The zero-order valence-electron chi connectivity index (χ0n) is 22.4. The molecule has 0 saturated heterocycles. The molecule has 0 spiro atoms. The van der Waals surface area contributed by atoms with Crippen LogP contribution >= 0.6 is 11.8 Å². The van der Waals surface area contributed by atoms with E-state index in [-0.39, 0.29) is 5.54 Å². The number of nitrogens with one attached hydrogen (secondary N) is 1. The van der Waals surface area contributed by atoms with Gasteiger partial charge in [0.1, 0.15) is 11.2 Å². The van der Waals surface area contributed by atoms with Crippen molar-refractivity contribution in [2.24, 2.45) is 0 Å². The zero-order valence-corrected chi connectivity index (χ0v) is 23.2. The molecule has 37 heavy (non-hydrogen) atoms. The Morgan fingerprint density at radius 2 is 1.68 bits per heavy atom. The molecule has 3 aromatic carbocycles. The van der Waals surface area contributed by atoms with Crippen LogP contribution in [0.15, 0.2) is 88.8 Å². The van der Waals surface area contributed by atoms with Gasteiger partial charge in [0, 0.05) is 23.6 Å². The van der Waals surface area contributed by atoms with E-state index in [1.807, 2.05) is 0 Å². The van der Waals surface area contributed by atoms with Gasteiger partial charge >= 0.3 is 5.95 Å². The highest BCUT2D eigenvalue weighted by Crippen LogP contribution is 2.45. The molecule has 2 heterocycles. The first-order valence-corrected chi connectivity index (χ1v) is 13.9. The quantitative estimate of drug-likeness (QED) is 0.205. The maximum atomic E-state index is 5.39. The highest BCUT2D eigenvalue weighted by Gasteiger charge is 2.31. The molecular formula is C31H36N5S+. The standard InChI is InChI=1S/C31H36N5S/c1-6-21-35(33-31(3,4)7-2)30-32-25(22-29-34(5)27-19-13-14-20-28(27)37-29)24-17-11-12-18-26(24)36(30)23-15-9-8-10-16-23/h8-20,22,33H,6-7,21H2,1-5H3/q+1. The van der Waals surface area contributed by atoms with E-state index in [1.165, 1.54) is 15.6 Å². The molecule has 0 radical (unpaired) electrons. The number of hydrazine groups is 1. The van der Waals surface area contributed by atoms with Crippen LogP contribution in [0.2, 0.25) is 0 Å². The molecule has 0 bridgehead atoms. The summed E-state index contributed by atoms with van der Waals surface area (Å²) in [5.74, 6) is 0.892. The topological polar surface area (TPSA) is 35.3 Å². The molecule has 0 fully saturated rings. The number of thioether (sulfide) groups is 1. The van der Waals surface area contributed by atoms with Crippen LogP contribution in [0.25, 0.3) is 22.7 Å². The third-order valence-electron chi connectivity index (χ3n) is 6.90. The van der Waals surface area contributed by atoms with Crippen molar-refractivity contribution in [2.45, 2.75) is 51.0 Å². The normalized spacial score (nSPS) is 14.4. The highest BCUT2D eigenvalue weighted by molar-refractivity contribution is 8.03. The summed E-state index contributed by atoms with van der Waals surface area (Å²) >= 11 is 1.80. The number of rotatable bonds is 8. The molecule has 4 aromatic rings. The number of hydrogen-bond acceptors (Lipinski definition) is 5. The third-order valence-corrected chi connectivity index (χ3v) is 8.06. The van der Waals surface area contributed by atoms with Crippen LogP contribution in [-0.4, -0.2) is 24.1 Å². The van der Waals surface area contributed by atoms with Crippen molar-refractivity contribution >= 4 is 40.4 Å². The lowest BCUT2D eigenvalue weighted by molar-refractivity contribution is -0.557. The van der Waals surface area contributed by atoms with Gasteiger partial charge in [-0.2, -0.15) is 15.0 Å². The van der Waals surface area contributed by atoms with Gasteiger partial charge in [0.15, 0.2) is 5.69 Å². The number of fused-ring (bicyclic) bond motifs is 2. The average molecular weight is 511 g/mol. The molecule has 0 atom stereocenters. The van der Waals surface area contributed by atoms with Crippen LogP contribution in [0.3, 0.4) is 0 Å². The van der Waals surface area contributed by atoms with Crippen molar-refractivity contribution in [3.63, 3.8) is 0 Å². The molecule has 1 aliphatic rings. The van der Waals surface area contributed by atoms with Gasteiger partial charge in [-0.1, -0.05) is 73.1 Å². The van der Waals surface area contributed by atoms with Crippen molar-refractivity contribution in [3.05, 3.63) is 89.6 Å². The number of nitrogens with zero attached hydrogens (tertiary/aromatic N) is 4. The van der Waals surface area contributed by atoms with Gasteiger partial charge in [0.2, 0.25) is 0 Å². The predicted molar refractivity (Wildman–Crippen MR) is 157 cm³/mol. The second-order valence-electron chi connectivity index (χ2n) is 10.1. The third kappa shape index (κ3) is 5.09. The Balaban J connectivity index is 1.74. The second-order valence-corrected chi connectivity index (χ2v) is 11.2. The van der Waals surface area contributed by atoms with Crippen molar-refractivity contribution < 1.29 is 4.57 Å². The van der Waals surface area contributed by atoms with E-state index in [4.69, 9.17) is 4.98 Å². The molecule has 0 aliphatic carbocycles. The minimum absolute atomic E-state index is 0.0706. The number of benzene rings is 3. The lowest BCUT2D eigenvalue weighted by Crippen LogP contribution is -2.56. The van der Waals surface area contributed by atoms with Gasteiger partial charge in [-0.25, -0.2) is 0 Å². The summed E-state index contributed by atoms with van der Waals surface area (Å²) in [7, 11) is 2.13. The Labute approximate surface area is 224 Å². The molecule has 1 aliphatic heterocycles. The Morgan fingerprint density at radius 1 is 0.973 bits per heavy atom. The fourth-order valence-corrected chi connectivity index (χ4v) is 5.66. The summed E-state index contributed by atoms with van der Waals surface area (Å²) < 4.78 is 2.28. The molecule has 190 valence electrons. The van der Waals surface area contributed by atoms with Gasteiger partial charge in [-0.3, -0.25) is 0 Å². The van der Waals surface area contributed by atoms with Gasteiger partial charge in [0.05, 0.1) is 22.6 Å². The van der Waals surface area contributed by atoms with Gasteiger partial charge in [-0.15, -0.1) is 0 Å². The van der Waals surface area contributed by atoms with E-state index in [1.54, 1.807) is 11.8 Å². The van der Waals surface area contributed by atoms with Crippen LogP contribution in [0.5, 0.6) is 0 Å². The molecule has 5 nitrogen and oxygen atoms in total. The van der Waals surface area contributed by atoms with Gasteiger partial charge < -0.3 is 4.90 Å². The van der Waals surface area contributed by atoms with E-state index in [0.29, 0.717) is 0 Å². The molecule has 0 saturated carbocycles. The first-order valence-electron chi connectivity index (χ1n) is 13.1. The molecule has 5 rings (SSSR count). The lowest BCUT2D eigenvalue weighted by Gasteiger charge is -2.30. The SMILES string of the molecule is CCCN(NC(C)(C)CC)c1nc(/C=C2/Sc3ccccc3N2C)c2ccccc2[n+]1-c1ccccc1. The molecule has 0 unspecified atom stereocenters. The minimum atomic E-state index is -0.0706. The lowest BCUT2D eigenvalue weighted by atomic mass is 10.0. The minimum Gasteiger partial charge on any atom is -0.338 e. The van der Waals surface area contributed by atoms with Crippen molar-refractivity contribution in [1.82, 2.24) is 10.4 Å². The second kappa shape index (κ2) is 10.6. The van der Waals surface area contributed by atoms with Crippen LogP contribution in [0.4, 0.5) is 11.6 Å². The van der Waals surface area contributed by atoms with Crippen LogP contribution in [0.1, 0.15) is 46.2 Å². The largest absolute Gasteiger partial charge is 0.417 e. The van der Waals surface area contributed by atoms with Crippen molar-refractivity contribution in [3.8, 4) is 5.69 Å². The van der Waals surface area contributed by atoms with E-state index in [2.05, 4.69) is 140 Å². The fraction of sp³-hybridized carbons (Fsp3) is 0.290. The van der Waals surface area contributed by atoms with Crippen molar-refractivity contribution in [1.29, 1.82) is 0 Å². The Morgan fingerprint density at radius 3 is 2.41 bits per heavy atom. The Bertz CT molecular complexity index is 1430. The van der Waals surface area contributed by atoms with Crippen LogP contribution < -0.4 is 19.9 Å². The van der Waals surface area contributed by atoms with Gasteiger partial charge in [-0.05, 0) is 63.1 Å². The van der Waals surface area contributed by atoms with E-state index < -0.39 is 0 Å². The van der Waals surface area contributed by atoms with E-state index in [9.17, 15) is 0 Å². The first-order chi connectivity index (χ1) is 17.9. The summed E-state index contributed by atoms with van der Waals surface area (Å²) in [5, 5.41) is 4.54. The zero-order chi connectivity index (χ0) is 26.0. The van der Waals surface area contributed by atoms with Crippen LogP contribution in [0, 0.1) is 0 Å². The van der Waals surface area contributed by atoms with E-state index >= 15 is 0 Å². The molecule has 1 aromatic heterocycles. The highest BCUT2D eigenvalue weighted by atomic mass is 32.2. The maximum absolute atomic E-state index is 5.39. The molecule has 0 amide bonds. The molecular weight excluding hydrogens is 474 g/mol. The fourth-order valence-electron chi connectivity index (χ4n) is 4.57. The molecule has 6 heteroatoms. The van der Waals surface area contributed by atoms with Crippen LogP contribution in [-0.2, 0) is 0 Å². The summed E-state index contributed by atoms with van der Waals surface area (Å²) in [6.45, 7) is 9.77. The summed E-state index contributed by atoms with van der Waals surface area (Å²) in [4.78, 5) is 8.92. The average Bonchev–Trinajstić information content (AvgIpc) is 3.23. The van der Waals surface area contributed by atoms with E-state index in [0.717, 1.165) is 47.6 Å². The summed E-state index contributed by atoms with van der Waals surface area (Å²) in [6.07, 6.45) is 4.24. The monoisotopic (exact) mass is 510 g/mol. The van der Waals surface area contributed by atoms with Gasteiger partial charge in [0.25, 0.3) is 0 Å². The summed E-state index contributed by atoms with van der Waals surface area (Å²) in [6, 6.07) is 27.7. The predicted octanol–water partition coefficient (Wildman–Crippen LogP) is 6.96. The number of aromatic nitrogens is 2. The number of hydrogen-bond donors (Lipinski definition) is 1. The van der Waals surface area contributed by atoms with Crippen molar-refractivity contribution in [2.75, 3.05) is 23.5 Å². The first kappa shape index (κ1) is 25.3. The Hall–Kier alpha value is -3.35. The summed E-state index contributed by atoms with van der Waals surface area (Å²) in [5.41, 5.74) is 8.15. The number of para-hydroxylation sites is 3. The number of anilines is 2. The smallest absolute Gasteiger partial charge is 0.338 e.